The number of fused-ring (bicyclic) bond motifs is 1. The van der Waals surface area contributed by atoms with Crippen molar-refractivity contribution in [2.24, 2.45) is 0 Å². The maximum atomic E-state index is 12.0. The average molecular weight is 235 g/mol. The summed E-state index contributed by atoms with van der Waals surface area (Å²) >= 11 is 1.51. The first-order chi connectivity index (χ1) is 7.45. The number of carbonyl (C=O) groups excluding carboxylic acids is 2. The number of amides is 1. The molecule has 2 rings (SSSR count). The molecule has 1 aliphatic heterocycles. The third kappa shape index (κ3) is 1.63. The van der Waals surface area contributed by atoms with Gasteiger partial charge in [0.2, 0.25) is 5.91 Å². The molecule has 0 N–H and O–H groups in total. The SMILES string of the molecule is CN1C(=O)C(C)(C)Sc2cc(C=O)ccc21. The molecular formula is C12H13NO2S. The number of anilines is 1. The molecule has 1 aromatic rings. The minimum atomic E-state index is -0.469. The van der Waals surface area contributed by atoms with Gasteiger partial charge in [0.25, 0.3) is 0 Å². The molecule has 1 aliphatic rings. The van der Waals surface area contributed by atoms with Crippen LogP contribution in [0.3, 0.4) is 0 Å². The van der Waals surface area contributed by atoms with Gasteiger partial charge in [-0.05, 0) is 32.0 Å². The van der Waals surface area contributed by atoms with Crippen molar-refractivity contribution in [1.82, 2.24) is 0 Å². The molecule has 0 aliphatic carbocycles. The Morgan fingerprint density at radius 3 is 2.69 bits per heavy atom. The maximum absolute atomic E-state index is 12.0. The first-order valence-electron chi connectivity index (χ1n) is 5.02. The van der Waals surface area contributed by atoms with Crippen LogP contribution in [0.1, 0.15) is 24.2 Å². The Balaban J connectivity index is 2.55. The quantitative estimate of drug-likeness (QED) is 0.701. The van der Waals surface area contributed by atoms with Gasteiger partial charge < -0.3 is 4.90 Å². The maximum Gasteiger partial charge on any atom is 0.242 e. The molecule has 0 saturated heterocycles. The van der Waals surface area contributed by atoms with E-state index in [-0.39, 0.29) is 5.91 Å². The van der Waals surface area contributed by atoms with Crippen molar-refractivity contribution >= 4 is 29.6 Å². The number of aldehydes is 1. The van der Waals surface area contributed by atoms with Crippen molar-refractivity contribution in [2.75, 3.05) is 11.9 Å². The van der Waals surface area contributed by atoms with E-state index in [0.29, 0.717) is 5.56 Å². The normalized spacial score (nSPS) is 18.2. The summed E-state index contributed by atoms with van der Waals surface area (Å²) < 4.78 is -0.469. The van der Waals surface area contributed by atoms with Crippen LogP contribution in [0, 0.1) is 0 Å². The second-order valence-electron chi connectivity index (χ2n) is 4.32. The van der Waals surface area contributed by atoms with Crippen LogP contribution in [0.2, 0.25) is 0 Å². The van der Waals surface area contributed by atoms with Crippen LogP contribution in [-0.2, 0) is 4.79 Å². The lowest BCUT2D eigenvalue weighted by Crippen LogP contribution is -2.44. The topological polar surface area (TPSA) is 37.4 Å². The van der Waals surface area contributed by atoms with Gasteiger partial charge in [0, 0.05) is 17.5 Å². The minimum absolute atomic E-state index is 0.0869. The van der Waals surface area contributed by atoms with Crippen molar-refractivity contribution in [3.63, 3.8) is 0 Å². The third-order valence-corrected chi connectivity index (χ3v) is 3.90. The van der Waals surface area contributed by atoms with E-state index in [1.165, 1.54) is 11.8 Å². The van der Waals surface area contributed by atoms with Gasteiger partial charge in [-0.3, -0.25) is 9.59 Å². The molecule has 0 aromatic heterocycles. The van der Waals surface area contributed by atoms with E-state index >= 15 is 0 Å². The lowest BCUT2D eigenvalue weighted by atomic mass is 10.1. The molecule has 1 amide bonds. The van der Waals surface area contributed by atoms with Gasteiger partial charge in [0.05, 0.1) is 10.4 Å². The molecule has 3 nitrogen and oxygen atoms in total. The van der Waals surface area contributed by atoms with Gasteiger partial charge in [-0.1, -0.05) is 0 Å². The first-order valence-corrected chi connectivity index (χ1v) is 5.84. The van der Waals surface area contributed by atoms with Gasteiger partial charge in [-0.15, -0.1) is 11.8 Å². The molecule has 0 fully saturated rings. The van der Waals surface area contributed by atoms with Crippen LogP contribution in [-0.4, -0.2) is 24.0 Å². The molecule has 0 saturated carbocycles. The molecule has 84 valence electrons. The summed E-state index contributed by atoms with van der Waals surface area (Å²) in [5, 5.41) is 0. The fraction of sp³-hybridized carbons (Fsp3) is 0.333. The third-order valence-electron chi connectivity index (χ3n) is 2.67. The first kappa shape index (κ1) is 11.2. The highest BCUT2D eigenvalue weighted by molar-refractivity contribution is 8.01. The van der Waals surface area contributed by atoms with Gasteiger partial charge in [-0.25, -0.2) is 0 Å². The lowest BCUT2D eigenvalue weighted by Gasteiger charge is -2.35. The zero-order chi connectivity index (χ0) is 11.9. The highest BCUT2D eigenvalue weighted by Crippen LogP contribution is 2.44. The molecule has 0 radical (unpaired) electrons. The number of hydrogen-bond acceptors (Lipinski definition) is 3. The number of hydrogen-bond donors (Lipinski definition) is 0. The molecule has 0 atom stereocenters. The highest BCUT2D eigenvalue weighted by Gasteiger charge is 2.38. The van der Waals surface area contributed by atoms with Crippen molar-refractivity contribution in [3.05, 3.63) is 23.8 Å². The van der Waals surface area contributed by atoms with Crippen LogP contribution >= 0.6 is 11.8 Å². The van der Waals surface area contributed by atoms with Crippen LogP contribution in [0.25, 0.3) is 0 Å². The Bertz CT molecular complexity index is 468. The average Bonchev–Trinajstić information content (AvgIpc) is 2.25. The van der Waals surface area contributed by atoms with E-state index in [2.05, 4.69) is 0 Å². The van der Waals surface area contributed by atoms with Crippen LogP contribution in [0.15, 0.2) is 23.1 Å². The van der Waals surface area contributed by atoms with Crippen LogP contribution in [0.5, 0.6) is 0 Å². The van der Waals surface area contributed by atoms with E-state index < -0.39 is 4.75 Å². The summed E-state index contributed by atoms with van der Waals surface area (Å²) in [5.41, 5.74) is 1.52. The van der Waals surface area contributed by atoms with Crippen LogP contribution < -0.4 is 4.90 Å². The largest absolute Gasteiger partial charge is 0.313 e. The van der Waals surface area contributed by atoms with Gasteiger partial charge in [0.1, 0.15) is 6.29 Å². The summed E-state index contributed by atoms with van der Waals surface area (Å²) in [7, 11) is 1.77. The monoisotopic (exact) mass is 235 g/mol. The molecule has 16 heavy (non-hydrogen) atoms. The zero-order valence-corrected chi connectivity index (χ0v) is 10.3. The van der Waals surface area contributed by atoms with Gasteiger partial charge in [-0.2, -0.15) is 0 Å². The molecule has 1 aromatic carbocycles. The Morgan fingerprint density at radius 1 is 1.38 bits per heavy atom. The Kier molecular flexibility index (Phi) is 2.54. The lowest BCUT2D eigenvalue weighted by molar-refractivity contribution is -0.120. The Hall–Kier alpha value is -1.29. The standard InChI is InChI=1S/C12H13NO2S/c1-12(2)11(15)13(3)9-5-4-8(7-14)6-10(9)16-12/h4-7H,1-3H3. The highest BCUT2D eigenvalue weighted by atomic mass is 32.2. The van der Waals surface area contributed by atoms with Crippen molar-refractivity contribution in [2.45, 2.75) is 23.5 Å². The Morgan fingerprint density at radius 2 is 2.06 bits per heavy atom. The summed E-state index contributed by atoms with van der Waals surface area (Å²) in [6.07, 6.45) is 0.824. The summed E-state index contributed by atoms with van der Waals surface area (Å²) in [6.45, 7) is 3.79. The second kappa shape index (κ2) is 3.63. The van der Waals surface area contributed by atoms with Crippen molar-refractivity contribution in [3.8, 4) is 0 Å². The predicted molar refractivity (Wildman–Crippen MR) is 65.2 cm³/mol. The van der Waals surface area contributed by atoms with Crippen LogP contribution in [0.4, 0.5) is 5.69 Å². The molecule has 4 heteroatoms. The van der Waals surface area contributed by atoms with E-state index in [4.69, 9.17) is 0 Å². The van der Waals surface area contributed by atoms with E-state index in [0.717, 1.165) is 16.9 Å². The van der Waals surface area contributed by atoms with E-state index in [1.807, 2.05) is 26.0 Å². The summed E-state index contributed by atoms with van der Waals surface area (Å²) in [4.78, 5) is 25.3. The molecule has 0 unspecified atom stereocenters. The van der Waals surface area contributed by atoms with Crippen molar-refractivity contribution in [1.29, 1.82) is 0 Å². The van der Waals surface area contributed by atoms with E-state index in [9.17, 15) is 9.59 Å². The van der Waals surface area contributed by atoms with Crippen molar-refractivity contribution < 1.29 is 9.59 Å². The predicted octanol–water partition coefficient (Wildman–Crippen LogP) is 2.35. The van der Waals surface area contributed by atoms with E-state index in [1.54, 1.807) is 18.0 Å². The molecule has 0 bridgehead atoms. The fourth-order valence-corrected chi connectivity index (χ4v) is 3.07. The number of benzene rings is 1. The smallest absolute Gasteiger partial charge is 0.242 e. The summed E-state index contributed by atoms with van der Waals surface area (Å²) in [5.74, 6) is 0.0869. The molecule has 0 spiro atoms. The summed E-state index contributed by atoms with van der Waals surface area (Å²) in [6, 6.07) is 5.38. The number of thioether (sulfide) groups is 1. The van der Waals surface area contributed by atoms with Gasteiger partial charge in [0.15, 0.2) is 0 Å². The molecular weight excluding hydrogens is 222 g/mol. The Labute approximate surface area is 98.8 Å². The zero-order valence-electron chi connectivity index (χ0n) is 9.48. The fourth-order valence-electron chi connectivity index (χ4n) is 1.79. The van der Waals surface area contributed by atoms with Gasteiger partial charge >= 0.3 is 0 Å². The number of carbonyl (C=O) groups is 2. The second-order valence-corrected chi connectivity index (χ2v) is 5.99. The molecule has 1 heterocycles. The number of rotatable bonds is 1. The minimum Gasteiger partial charge on any atom is -0.313 e. The number of nitrogens with zero attached hydrogens (tertiary/aromatic N) is 1.